The summed E-state index contributed by atoms with van der Waals surface area (Å²) in [6, 6.07) is 12.6. The highest BCUT2D eigenvalue weighted by Gasteiger charge is 2.11. The van der Waals surface area contributed by atoms with E-state index in [1.54, 1.807) is 30.3 Å². The van der Waals surface area contributed by atoms with E-state index >= 15 is 0 Å². The third kappa shape index (κ3) is 3.47. The topological polar surface area (TPSA) is 52.9 Å². The monoisotopic (exact) mass is 302 g/mol. The zero-order valence-corrected chi connectivity index (χ0v) is 12.3. The predicted octanol–water partition coefficient (Wildman–Crippen LogP) is 4.26. The van der Waals surface area contributed by atoms with E-state index in [1.807, 2.05) is 25.1 Å². The van der Waals surface area contributed by atoms with Crippen molar-refractivity contribution in [3.05, 3.63) is 56.7 Å². The molecule has 0 spiro atoms. The summed E-state index contributed by atoms with van der Waals surface area (Å²) in [5, 5.41) is 12.2. The minimum atomic E-state index is -0.466. The molecule has 3 nitrogen and oxygen atoms in total. The largest absolute Gasteiger partial charge is 0.320 e. The van der Waals surface area contributed by atoms with Crippen LogP contribution in [0.3, 0.4) is 0 Å². The summed E-state index contributed by atoms with van der Waals surface area (Å²) in [7, 11) is 0. The molecule has 1 aromatic carbocycles. The molecule has 0 atom stereocenters. The zero-order valence-electron chi connectivity index (χ0n) is 10.7. The fourth-order valence-electron chi connectivity index (χ4n) is 1.57. The number of nitrogens with zero attached hydrogens (tertiary/aromatic N) is 1. The third-order valence-electron chi connectivity index (χ3n) is 2.53. The van der Waals surface area contributed by atoms with Gasteiger partial charge in [-0.2, -0.15) is 5.26 Å². The number of thiophene rings is 1. The Balaban J connectivity index is 2.21. The van der Waals surface area contributed by atoms with E-state index in [4.69, 9.17) is 16.9 Å². The third-order valence-corrected chi connectivity index (χ3v) is 3.81. The number of hydrogen-bond acceptors (Lipinski definition) is 3. The lowest BCUT2D eigenvalue weighted by Crippen LogP contribution is -2.13. The number of halogens is 1. The van der Waals surface area contributed by atoms with Gasteiger partial charge < -0.3 is 5.32 Å². The number of amides is 1. The molecule has 0 aliphatic rings. The van der Waals surface area contributed by atoms with Crippen molar-refractivity contribution in [1.29, 1.82) is 5.26 Å². The van der Waals surface area contributed by atoms with E-state index < -0.39 is 5.91 Å². The summed E-state index contributed by atoms with van der Waals surface area (Å²) in [6.07, 6.45) is 1.57. The normalized spacial score (nSPS) is 10.9. The van der Waals surface area contributed by atoms with Crippen LogP contribution in [0.5, 0.6) is 0 Å². The molecular formula is C15H11ClN2OS. The minimum absolute atomic E-state index is 0.0479. The van der Waals surface area contributed by atoms with Crippen LogP contribution in [0.2, 0.25) is 5.02 Å². The van der Waals surface area contributed by atoms with Crippen molar-refractivity contribution in [2.45, 2.75) is 6.92 Å². The molecule has 2 aromatic rings. The molecule has 5 heteroatoms. The standard InChI is InChI=1S/C15H11ClN2OS/c1-10-6-7-12(20-10)8-11(9-17)15(19)18-14-5-3-2-4-13(14)16/h2-8H,1H3,(H,18,19). The molecule has 2 rings (SSSR count). The van der Waals surface area contributed by atoms with Crippen LogP contribution in [0, 0.1) is 18.3 Å². The fourth-order valence-corrected chi connectivity index (χ4v) is 2.58. The van der Waals surface area contributed by atoms with Gasteiger partial charge in [0, 0.05) is 9.75 Å². The Morgan fingerprint density at radius 2 is 2.10 bits per heavy atom. The zero-order chi connectivity index (χ0) is 14.5. The maximum Gasteiger partial charge on any atom is 0.266 e. The number of anilines is 1. The molecule has 20 heavy (non-hydrogen) atoms. The van der Waals surface area contributed by atoms with Gasteiger partial charge in [0.2, 0.25) is 0 Å². The van der Waals surface area contributed by atoms with Gasteiger partial charge in [-0.3, -0.25) is 4.79 Å². The van der Waals surface area contributed by atoms with Crippen LogP contribution < -0.4 is 5.32 Å². The van der Waals surface area contributed by atoms with Crippen LogP contribution in [-0.4, -0.2) is 5.91 Å². The molecule has 0 aliphatic carbocycles. The van der Waals surface area contributed by atoms with E-state index in [9.17, 15) is 4.79 Å². The molecule has 1 N–H and O–H groups in total. The molecule has 0 aliphatic heterocycles. The van der Waals surface area contributed by atoms with Crippen molar-refractivity contribution in [3.8, 4) is 6.07 Å². The van der Waals surface area contributed by atoms with Gasteiger partial charge >= 0.3 is 0 Å². The highest BCUT2D eigenvalue weighted by Crippen LogP contribution is 2.22. The lowest BCUT2D eigenvalue weighted by atomic mass is 10.2. The number of rotatable bonds is 3. The highest BCUT2D eigenvalue weighted by atomic mass is 35.5. The second-order valence-electron chi connectivity index (χ2n) is 4.05. The minimum Gasteiger partial charge on any atom is -0.320 e. The van der Waals surface area contributed by atoms with E-state index in [-0.39, 0.29) is 5.57 Å². The first-order valence-electron chi connectivity index (χ1n) is 5.84. The Labute approximate surface area is 126 Å². The van der Waals surface area contributed by atoms with E-state index in [0.29, 0.717) is 10.7 Å². The van der Waals surface area contributed by atoms with Crippen LogP contribution in [0.25, 0.3) is 6.08 Å². The SMILES string of the molecule is Cc1ccc(C=C(C#N)C(=O)Nc2ccccc2Cl)s1. The summed E-state index contributed by atoms with van der Waals surface area (Å²) in [6.45, 7) is 1.97. The van der Waals surface area contributed by atoms with Gasteiger partial charge in [0.15, 0.2) is 0 Å². The van der Waals surface area contributed by atoms with E-state index in [1.165, 1.54) is 11.3 Å². The molecule has 1 aromatic heterocycles. The number of hydrogen-bond donors (Lipinski definition) is 1. The summed E-state index contributed by atoms with van der Waals surface area (Å²) >= 11 is 7.49. The number of benzene rings is 1. The molecule has 0 fully saturated rings. The maximum absolute atomic E-state index is 12.1. The molecule has 0 bridgehead atoms. The average molecular weight is 303 g/mol. The highest BCUT2D eigenvalue weighted by molar-refractivity contribution is 7.12. The van der Waals surface area contributed by atoms with Crippen molar-refractivity contribution >= 4 is 40.6 Å². The molecule has 0 saturated carbocycles. The Kier molecular flexibility index (Phi) is 4.57. The summed E-state index contributed by atoms with van der Waals surface area (Å²) in [5.74, 6) is -0.466. The van der Waals surface area contributed by atoms with Gasteiger partial charge in [-0.1, -0.05) is 23.7 Å². The molecule has 1 amide bonds. The fraction of sp³-hybridized carbons (Fsp3) is 0.0667. The lowest BCUT2D eigenvalue weighted by molar-refractivity contribution is -0.112. The van der Waals surface area contributed by atoms with Gasteiger partial charge in [0.25, 0.3) is 5.91 Å². The first kappa shape index (κ1) is 14.3. The molecule has 1 heterocycles. The Hall–Kier alpha value is -2.09. The molecule has 0 saturated heterocycles. The van der Waals surface area contributed by atoms with Crippen molar-refractivity contribution < 1.29 is 4.79 Å². The summed E-state index contributed by atoms with van der Waals surface area (Å²) in [4.78, 5) is 14.0. The van der Waals surface area contributed by atoms with Gasteiger partial charge in [-0.15, -0.1) is 11.3 Å². The van der Waals surface area contributed by atoms with Crippen LogP contribution in [0.1, 0.15) is 9.75 Å². The number of para-hydroxylation sites is 1. The molecular weight excluding hydrogens is 292 g/mol. The number of nitriles is 1. The van der Waals surface area contributed by atoms with Crippen molar-refractivity contribution in [1.82, 2.24) is 0 Å². The first-order valence-corrected chi connectivity index (χ1v) is 7.03. The average Bonchev–Trinajstić information content (AvgIpc) is 2.84. The van der Waals surface area contributed by atoms with E-state index in [0.717, 1.165) is 9.75 Å². The van der Waals surface area contributed by atoms with Gasteiger partial charge in [-0.25, -0.2) is 0 Å². The second-order valence-corrected chi connectivity index (χ2v) is 5.78. The number of nitrogens with one attached hydrogen (secondary N) is 1. The van der Waals surface area contributed by atoms with Crippen molar-refractivity contribution in [3.63, 3.8) is 0 Å². The molecule has 0 unspecified atom stereocenters. The van der Waals surface area contributed by atoms with Crippen LogP contribution in [0.15, 0.2) is 42.0 Å². The predicted molar refractivity (Wildman–Crippen MR) is 82.7 cm³/mol. The van der Waals surface area contributed by atoms with E-state index in [2.05, 4.69) is 5.32 Å². The van der Waals surface area contributed by atoms with Crippen molar-refractivity contribution in [2.24, 2.45) is 0 Å². The first-order chi connectivity index (χ1) is 9.60. The number of carbonyl (C=O) groups excluding carboxylic acids is 1. The van der Waals surface area contributed by atoms with Crippen LogP contribution >= 0.6 is 22.9 Å². The quantitative estimate of drug-likeness (QED) is 0.680. The van der Waals surface area contributed by atoms with Gasteiger partial charge in [0.1, 0.15) is 11.6 Å². The molecule has 100 valence electrons. The second kappa shape index (κ2) is 6.38. The Morgan fingerprint density at radius 3 is 2.70 bits per heavy atom. The van der Waals surface area contributed by atoms with Crippen molar-refractivity contribution in [2.75, 3.05) is 5.32 Å². The number of aryl methyl sites for hydroxylation is 1. The maximum atomic E-state index is 12.1. The Morgan fingerprint density at radius 1 is 1.35 bits per heavy atom. The smallest absolute Gasteiger partial charge is 0.266 e. The Bertz CT molecular complexity index is 713. The number of carbonyl (C=O) groups is 1. The molecule has 0 radical (unpaired) electrons. The van der Waals surface area contributed by atoms with Gasteiger partial charge in [0.05, 0.1) is 10.7 Å². The summed E-state index contributed by atoms with van der Waals surface area (Å²) in [5.41, 5.74) is 0.537. The van der Waals surface area contributed by atoms with Gasteiger partial charge in [-0.05, 0) is 37.3 Å². The summed E-state index contributed by atoms with van der Waals surface area (Å²) < 4.78 is 0. The van der Waals surface area contributed by atoms with Crippen LogP contribution in [0.4, 0.5) is 5.69 Å². The van der Waals surface area contributed by atoms with Crippen LogP contribution in [-0.2, 0) is 4.79 Å². The lowest BCUT2D eigenvalue weighted by Gasteiger charge is -2.05.